The standard InChI is InChI=1S/C23H33N3O5S/c1-17(2)15-26(32(29,30)20-11-9-19(14-24)10-12-20)16-22(27)21(25-23(28)31-3)13-18-7-5-4-6-8-18/h4-12,17,21-22,27H,13-16,24H2,1-3H3,(H,25,28)/t21-,22+/m0/s1. The minimum atomic E-state index is -3.87. The van der Waals surface area contributed by atoms with Crippen LogP contribution < -0.4 is 11.1 Å². The molecule has 0 unspecified atom stereocenters. The number of nitrogens with one attached hydrogen (secondary N) is 1. The summed E-state index contributed by atoms with van der Waals surface area (Å²) in [6.07, 6.45) is -1.54. The molecule has 2 atom stereocenters. The quantitative estimate of drug-likeness (QED) is 0.469. The summed E-state index contributed by atoms with van der Waals surface area (Å²) in [6, 6.07) is 15.0. The second-order valence-corrected chi connectivity index (χ2v) is 10.0. The fourth-order valence-electron chi connectivity index (χ4n) is 3.32. The average molecular weight is 464 g/mol. The molecule has 32 heavy (non-hydrogen) atoms. The zero-order chi connectivity index (χ0) is 23.7. The van der Waals surface area contributed by atoms with Crippen molar-refractivity contribution in [3.05, 3.63) is 65.7 Å². The monoisotopic (exact) mass is 463 g/mol. The highest BCUT2D eigenvalue weighted by Crippen LogP contribution is 2.20. The van der Waals surface area contributed by atoms with Crippen molar-refractivity contribution < 1.29 is 23.1 Å². The first-order valence-electron chi connectivity index (χ1n) is 10.5. The van der Waals surface area contributed by atoms with Gasteiger partial charge in [0, 0.05) is 19.6 Å². The van der Waals surface area contributed by atoms with E-state index in [4.69, 9.17) is 10.5 Å². The van der Waals surface area contributed by atoms with Crippen LogP contribution in [0.3, 0.4) is 0 Å². The van der Waals surface area contributed by atoms with Gasteiger partial charge in [-0.15, -0.1) is 0 Å². The number of hydrogen-bond acceptors (Lipinski definition) is 6. The highest BCUT2D eigenvalue weighted by molar-refractivity contribution is 7.89. The topological polar surface area (TPSA) is 122 Å². The molecule has 0 radical (unpaired) electrons. The van der Waals surface area contributed by atoms with Crippen molar-refractivity contribution in [2.45, 2.75) is 43.9 Å². The molecule has 0 fully saturated rings. The molecule has 4 N–H and O–H groups in total. The lowest BCUT2D eigenvalue weighted by Gasteiger charge is -2.30. The van der Waals surface area contributed by atoms with Gasteiger partial charge >= 0.3 is 6.09 Å². The third-order valence-electron chi connectivity index (χ3n) is 5.01. The van der Waals surface area contributed by atoms with Gasteiger partial charge in [0.15, 0.2) is 0 Å². The number of methoxy groups -OCH3 is 1. The summed E-state index contributed by atoms with van der Waals surface area (Å²) in [5.74, 6) is 0.0291. The van der Waals surface area contributed by atoms with Crippen LogP contribution in [0.15, 0.2) is 59.5 Å². The van der Waals surface area contributed by atoms with Crippen LogP contribution in [0.25, 0.3) is 0 Å². The molecule has 0 heterocycles. The van der Waals surface area contributed by atoms with Gasteiger partial charge in [-0.05, 0) is 35.6 Å². The highest BCUT2D eigenvalue weighted by Gasteiger charge is 2.31. The Balaban J connectivity index is 2.29. The Labute approximate surface area is 190 Å². The number of carbonyl (C=O) groups excluding carboxylic acids is 1. The van der Waals surface area contributed by atoms with Crippen LogP contribution in [0.2, 0.25) is 0 Å². The number of nitrogens with two attached hydrogens (primary N) is 1. The number of sulfonamides is 1. The molecular weight excluding hydrogens is 430 g/mol. The number of hydrogen-bond donors (Lipinski definition) is 3. The smallest absolute Gasteiger partial charge is 0.407 e. The lowest BCUT2D eigenvalue weighted by molar-refractivity contribution is 0.0944. The number of nitrogens with zero attached hydrogens (tertiary/aromatic N) is 1. The Morgan fingerprint density at radius 3 is 2.22 bits per heavy atom. The van der Waals surface area contributed by atoms with E-state index in [2.05, 4.69) is 5.32 Å². The van der Waals surface area contributed by atoms with Gasteiger partial charge in [0.2, 0.25) is 10.0 Å². The molecular formula is C23H33N3O5S. The molecule has 0 saturated heterocycles. The average Bonchev–Trinajstić information content (AvgIpc) is 2.78. The van der Waals surface area contributed by atoms with Crippen molar-refractivity contribution in [1.82, 2.24) is 9.62 Å². The van der Waals surface area contributed by atoms with Gasteiger partial charge in [-0.2, -0.15) is 4.31 Å². The molecule has 1 amide bonds. The van der Waals surface area contributed by atoms with Crippen molar-refractivity contribution in [3.63, 3.8) is 0 Å². The minimum absolute atomic E-state index is 0.0291. The maximum Gasteiger partial charge on any atom is 0.407 e. The van der Waals surface area contributed by atoms with E-state index in [0.717, 1.165) is 11.1 Å². The fourth-order valence-corrected chi connectivity index (χ4v) is 4.94. The van der Waals surface area contributed by atoms with Gasteiger partial charge in [-0.3, -0.25) is 0 Å². The molecule has 0 aromatic heterocycles. The Morgan fingerprint density at radius 2 is 1.69 bits per heavy atom. The predicted molar refractivity (Wildman–Crippen MR) is 123 cm³/mol. The Kier molecular flexibility index (Phi) is 9.64. The van der Waals surface area contributed by atoms with E-state index in [9.17, 15) is 18.3 Å². The molecule has 0 aliphatic carbocycles. The van der Waals surface area contributed by atoms with E-state index in [0.29, 0.717) is 13.0 Å². The van der Waals surface area contributed by atoms with E-state index < -0.39 is 28.3 Å². The van der Waals surface area contributed by atoms with Crippen LogP contribution in [0, 0.1) is 5.92 Å². The first kappa shape index (κ1) is 25.8. The Bertz CT molecular complexity index is 949. The minimum Gasteiger partial charge on any atom is -0.453 e. The zero-order valence-electron chi connectivity index (χ0n) is 18.8. The Hall–Kier alpha value is -2.46. The van der Waals surface area contributed by atoms with Crippen molar-refractivity contribution in [2.75, 3.05) is 20.2 Å². The van der Waals surface area contributed by atoms with Crippen molar-refractivity contribution >= 4 is 16.1 Å². The summed E-state index contributed by atoms with van der Waals surface area (Å²) in [6.45, 7) is 4.16. The van der Waals surface area contributed by atoms with Crippen LogP contribution in [-0.4, -0.2) is 56.3 Å². The summed E-state index contributed by atoms with van der Waals surface area (Å²) in [5.41, 5.74) is 7.33. The molecule has 2 rings (SSSR count). The van der Waals surface area contributed by atoms with Gasteiger partial charge in [0.1, 0.15) is 0 Å². The van der Waals surface area contributed by atoms with Crippen LogP contribution in [0.1, 0.15) is 25.0 Å². The number of rotatable bonds is 11. The Morgan fingerprint density at radius 1 is 1.06 bits per heavy atom. The molecule has 0 aliphatic heterocycles. The van der Waals surface area contributed by atoms with Crippen molar-refractivity contribution in [2.24, 2.45) is 11.7 Å². The third kappa shape index (κ3) is 7.30. The number of aliphatic hydroxyl groups is 1. The first-order chi connectivity index (χ1) is 15.2. The summed E-state index contributed by atoms with van der Waals surface area (Å²) in [7, 11) is -2.63. The largest absolute Gasteiger partial charge is 0.453 e. The van der Waals surface area contributed by atoms with Crippen LogP contribution in [0.4, 0.5) is 4.79 Å². The third-order valence-corrected chi connectivity index (χ3v) is 6.85. The van der Waals surface area contributed by atoms with E-state index in [1.54, 1.807) is 12.1 Å². The summed E-state index contributed by atoms with van der Waals surface area (Å²) in [5, 5.41) is 13.6. The van der Waals surface area contributed by atoms with Gasteiger partial charge < -0.3 is 20.9 Å². The van der Waals surface area contributed by atoms with Gasteiger partial charge in [0.05, 0.1) is 24.2 Å². The fraction of sp³-hybridized carbons (Fsp3) is 0.435. The van der Waals surface area contributed by atoms with E-state index in [1.165, 1.54) is 23.5 Å². The lowest BCUT2D eigenvalue weighted by atomic mass is 10.0. The van der Waals surface area contributed by atoms with Crippen LogP contribution >= 0.6 is 0 Å². The van der Waals surface area contributed by atoms with Gasteiger partial charge in [0.25, 0.3) is 0 Å². The van der Waals surface area contributed by atoms with E-state index >= 15 is 0 Å². The lowest BCUT2D eigenvalue weighted by Crippen LogP contribution is -2.51. The summed E-state index contributed by atoms with van der Waals surface area (Å²) < 4.78 is 32.6. The maximum atomic E-state index is 13.3. The molecule has 0 spiro atoms. The number of benzene rings is 2. The molecule has 2 aromatic carbocycles. The molecule has 0 bridgehead atoms. The second kappa shape index (κ2) is 12.0. The van der Waals surface area contributed by atoms with Gasteiger partial charge in [-0.1, -0.05) is 56.3 Å². The number of amides is 1. The zero-order valence-corrected chi connectivity index (χ0v) is 19.6. The number of ether oxygens (including phenoxy) is 1. The number of alkyl carbamates (subject to hydrolysis) is 1. The molecule has 2 aromatic rings. The van der Waals surface area contributed by atoms with E-state index in [-0.39, 0.29) is 23.9 Å². The van der Waals surface area contributed by atoms with Gasteiger partial charge in [-0.25, -0.2) is 13.2 Å². The molecule has 0 aliphatic rings. The SMILES string of the molecule is COC(=O)N[C@@H](Cc1ccccc1)[C@H](O)CN(CC(C)C)S(=O)(=O)c1ccc(CN)cc1. The number of carbonyl (C=O) groups is 1. The molecule has 176 valence electrons. The molecule has 9 heteroatoms. The summed E-state index contributed by atoms with van der Waals surface area (Å²) in [4.78, 5) is 12.0. The second-order valence-electron chi connectivity index (χ2n) is 8.06. The van der Waals surface area contributed by atoms with E-state index in [1.807, 2.05) is 44.2 Å². The highest BCUT2D eigenvalue weighted by atomic mass is 32.2. The first-order valence-corrected chi connectivity index (χ1v) is 12.0. The number of aliphatic hydroxyl groups excluding tert-OH is 1. The summed E-state index contributed by atoms with van der Waals surface area (Å²) >= 11 is 0. The maximum absolute atomic E-state index is 13.3. The normalized spacial score (nSPS) is 13.7. The van der Waals surface area contributed by atoms with Crippen molar-refractivity contribution in [3.8, 4) is 0 Å². The van der Waals surface area contributed by atoms with Crippen molar-refractivity contribution in [1.29, 1.82) is 0 Å². The molecule has 8 nitrogen and oxygen atoms in total. The molecule has 0 saturated carbocycles. The predicted octanol–water partition coefficient (Wildman–Crippen LogP) is 2.12. The van der Waals surface area contributed by atoms with Crippen LogP contribution in [-0.2, 0) is 27.7 Å². The van der Waals surface area contributed by atoms with Crippen LogP contribution in [0.5, 0.6) is 0 Å².